The smallest absolute Gasteiger partial charge is 0.163 e. The van der Waals surface area contributed by atoms with Crippen molar-refractivity contribution >= 4 is 43.6 Å². The van der Waals surface area contributed by atoms with Gasteiger partial charge in [0.2, 0.25) is 0 Å². The Morgan fingerprint density at radius 2 is 0.800 bits per heavy atom. The Hall–Kier alpha value is -6.00. The highest BCUT2D eigenvalue weighted by atomic mass is 15.1. The summed E-state index contributed by atoms with van der Waals surface area (Å²) in [5.41, 5.74) is 7.98. The highest BCUT2D eigenvalue weighted by Crippen LogP contribution is 2.35. The van der Waals surface area contributed by atoms with Gasteiger partial charge in [-0.3, -0.25) is 9.13 Å². The lowest BCUT2D eigenvalue weighted by molar-refractivity contribution is 0.993. The van der Waals surface area contributed by atoms with Crippen LogP contribution in [0.1, 0.15) is 11.1 Å². The monoisotopic (exact) mass is 576 g/mol. The van der Waals surface area contributed by atoms with Crippen molar-refractivity contribution in [3.05, 3.63) is 169 Å². The van der Waals surface area contributed by atoms with E-state index < -0.39 is 0 Å². The molecule has 0 unspecified atom stereocenters. The number of benzene rings is 6. The van der Waals surface area contributed by atoms with Crippen LogP contribution in [0, 0.1) is 0 Å². The average Bonchev–Trinajstić information content (AvgIpc) is 3.62. The zero-order chi connectivity index (χ0) is 29.7. The van der Waals surface area contributed by atoms with E-state index >= 15 is 0 Å². The molecule has 9 aromatic rings. The van der Waals surface area contributed by atoms with Gasteiger partial charge in [-0.15, -0.1) is 0 Å². The van der Waals surface area contributed by atoms with Crippen LogP contribution in [0.5, 0.6) is 0 Å². The van der Waals surface area contributed by atoms with Gasteiger partial charge in [0.25, 0.3) is 0 Å². The molecule has 6 aromatic carbocycles. The van der Waals surface area contributed by atoms with Crippen LogP contribution >= 0.6 is 0 Å². The predicted octanol–water partition coefficient (Wildman–Crippen LogP) is 9.93. The molecule has 0 atom stereocenters. The summed E-state index contributed by atoms with van der Waals surface area (Å²) < 4.78 is 4.56. The number of nitrogens with zero attached hydrogens (tertiary/aromatic N) is 4. The quantitative estimate of drug-likeness (QED) is 0.204. The van der Waals surface area contributed by atoms with Crippen LogP contribution in [-0.2, 0) is 6.42 Å². The largest absolute Gasteiger partial charge is 0.294 e. The first-order chi connectivity index (χ1) is 22.3. The van der Waals surface area contributed by atoms with E-state index in [2.05, 4.69) is 167 Å². The lowest BCUT2D eigenvalue weighted by Crippen LogP contribution is -2.06. The van der Waals surface area contributed by atoms with E-state index in [0.717, 1.165) is 45.7 Å². The van der Waals surface area contributed by atoms with Gasteiger partial charge in [0, 0.05) is 33.2 Å². The molecule has 0 saturated heterocycles. The van der Waals surface area contributed by atoms with Crippen molar-refractivity contribution in [2.45, 2.75) is 6.42 Å². The molecule has 0 fully saturated rings. The fourth-order valence-electron chi connectivity index (χ4n) is 6.77. The summed E-state index contributed by atoms with van der Waals surface area (Å²) in [7, 11) is 0. The maximum atomic E-state index is 5.30. The third-order valence-electron chi connectivity index (χ3n) is 8.75. The van der Waals surface area contributed by atoms with E-state index in [1.54, 1.807) is 0 Å². The van der Waals surface area contributed by atoms with E-state index in [0.29, 0.717) is 5.82 Å². The van der Waals surface area contributed by atoms with E-state index in [-0.39, 0.29) is 0 Å². The van der Waals surface area contributed by atoms with Crippen LogP contribution in [0.15, 0.2) is 158 Å². The molecule has 9 rings (SSSR count). The molecule has 212 valence electrons. The van der Waals surface area contributed by atoms with Gasteiger partial charge in [0.05, 0.1) is 22.1 Å². The molecule has 3 heterocycles. The average molecular weight is 577 g/mol. The van der Waals surface area contributed by atoms with E-state index in [1.807, 2.05) is 0 Å². The van der Waals surface area contributed by atoms with Crippen molar-refractivity contribution in [3.63, 3.8) is 0 Å². The predicted molar refractivity (Wildman–Crippen MR) is 185 cm³/mol. The van der Waals surface area contributed by atoms with Crippen molar-refractivity contribution in [2.24, 2.45) is 0 Å². The summed E-state index contributed by atoms with van der Waals surface area (Å²) >= 11 is 0. The van der Waals surface area contributed by atoms with Crippen molar-refractivity contribution in [3.8, 4) is 23.0 Å². The Kier molecular flexibility index (Phi) is 5.85. The summed E-state index contributed by atoms with van der Waals surface area (Å²) in [6.07, 6.45) is 0.848. The molecule has 0 aliphatic heterocycles. The highest BCUT2D eigenvalue weighted by Gasteiger charge is 2.19. The molecular weight excluding hydrogens is 548 g/mol. The van der Waals surface area contributed by atoms with Gasteiger partial charge in [0.1, 0.15) is 11.6 Å². The molecule has 0 N–H and O–H groups in total. The summed E-state index contributed by atoms with van der Waals surface area (Å²) in [6.45, 7) is 0. The molecule has 0 aliphatic rings. The van der Waals surface area contributed by atoms with Crippen molar-refractivity contribution < 1.29 is 0 Å². The summed E-state index contributed by atoms with van der Waals surface area (Å²) in [6, 6.07) is 55.7. The van der Waals surface area contributed by atoms with Crippen LogP contribution in [0.2, 0.25) is 0 Å². The number of aromatic nitrogens is 4. The van der Waals surface area contributed by atoms with E-state index in [9.17, 15) is 0 Å². The van der Waals surface area contributed by atoms with E-state index in [4.69, 9.17) is 9.97 Å². The SMILES string of the molecule is c1ccc(Cc2cccc(-c3nc(-n4c5ccccc5c5ccccc54)cc(-n4c5ccccc5c5ccccc54)n3)c2)cc1. The minimum Gasteiger partial charge on any atom is -0.294 e. The van der Waals surface area contributed by atoms with Crippen molar-refractivity contribution in [1.82, 2.24) is 19.1 Å². The lowest BCUT2D eigenvalue weighted by Gasteiger charge is -2.14. The lowest BCUT2D eigenvalue weighted by atomic mass is 10.0. The van der Waals surface area contributed by atoms with Crippen LogP contribution in [0.3, 0.4) is 0 Å². The minimum atomic E-state index is 0.695. The van der Waals surface area contributed by atoms with Gasteiger partial charge < -0.3 is 0 Å². The maximum absolute atomic E-state index is 5.30. The zero-order valence-electron chi connectivity index (χ0n) is 24.5. The summed E-state index contributed by atoms with van der Waals surface area (Å²) in [4.78, 5) is 10.6. The second-order valence-electron chi connectivity index (χ2n) is 11.5. The number of hydrogen-bond acceptors (Lipinski definition) is 2. The first-order valence-corrected chi connectivity index (χ1v) is 15.3. The second-order valence-corrected chi connectivity index (χ2v) is 11.5. The van der Waals surface area contributed by atoms with E-state index in [1.165, 1.54) is 32.7 Å². The van der Waals surface area contributed by atoms with Gasteiger partial charge in [-0.05, 0) is 47.9 Å². The number of fused-ring (bicyclic) bond motifs is 6. The van der Waals surface area contributed by atoms with Gasteiger partial charge in [-0.25, -0.2) is 9.97 Å². The molecule has 45 heavy (non-hydrogen) atoms. The molecular formula is C41H28N4. The number of para-hydroxylation sites is 4. The Balaban J connectivity index is 1.33. The Labute approximate surface area is 260 Å². The van der Waals surface area contributed by atoms with Crippen LogP contribution in [-0.4, -0.2) is 19.1 Å². The minimum absolute atomic E-state index is 0.695. The van der Waals surface area contributed by atoms with Crippen molar-refractivity contribution in [2.75, 3.05) is 0 Å². The van der Waals surface area contributed by atoms with Gasteiger partial charge in [-0.1, -0.05) is 121 Å². The molecule has 0 radical (unpaired) electrons. The second kappa shape index (κ2) is 10.3. The molecule has 4 nitrogen and oxygen atoms in total. The third kappa shape index (κ3) is 4.22. The molecule has 0 aliphatic carbocycles. The van der Waals surface area contributed by atoms with Crippen LogP contribution in [0.4, 0.5) is 0 Å². The van der Waals surface area contributed by atoms with Gasteiger partial charge in [0.15, 0.2) is 5.82 Å². The maximum Gasteiger partial charge on any atom is 0.163 e. The Bertz CT molecular complexity index is 2280. The zero-order valence-corrected chi connectivity index (χ0v) is 24.5. The third-order valence-corrected chi connectivity index (χ3v) is 8.75. The molecule has 0 saturated carbocycles. The van der Waals surface area contributed by atoms with Gasteiger partial charge >= 0.3 is 0 Å². The summed E-state index contributed by atoms with van der Waals surface area (Å²) in [5, 5.41) is 4.82. The topological polar surface area (TPSA) is 35.6 Å². The fraction of sp³-hybridized carbons (Fsp3) is 0.0244. The molecule has 0 bridgehead atoms. The molecule has 4 heteroatoms. The standard InChI is InChI=1S/C41H28N4/c1-2-13-28(14-3-1)25-29-15-12-16-30(26-29)41-42-39(44-35-21-8-4-17-31(35)32-18-5-9-22-36(32)44)27-40(43-41)45-37-23-10-6-19-33(37)34-20-7-11-24-38(34)45/h1-24,26-27H,25H2. The molecule has 0 spiro atoms. The van der Waals surface area contributed by atoms with Crippen LogP contribution in [0.25, 0.3) is 66.6 Å². The van der Waals surface area contributed by atoms with Crippen LogP contribution < -0.4 is 0 Å². The number of hydrogen-bond donors (Lipinski definition) is 0. The molecule has 0 amide bonds. The highest BCUT2D eigenvalue weighted by molar-refractivity contribution is 6.10. The Morgan fingerprint density at radius 3 is 1.29 bits per heavy atom. The fourth-order valence-corrected chi connectivity index (χ4v) is 6.77. The first-order valence-electron chi connectivity index (χ1n) is 15.3. The van der Waals surface area contributed by atoms with Crippen molar-refractivity contribution in [1.29, 1.82) is 0 Å². The number of rotatable bonds is 5. The summed E-state index contributed by atoms with van der Waals surface area (Å²) in [5.74, 6) is 2.37. The first kappa shape index (κ1) is 25.5. The van der Waals surface area contributed by atoms with Gasteiger partial charge in [-0.2, -0.15) is 0 Å². The molecule has 3 aromatic heterocycles. The Morgan fingerprint density at radius 1 is 0.378 bits per heavy atom. The normalized spacial score (nSPS) is 11.6.